The number of nitriles is 1. The van der Waals surface area contributed by atoms with Crippen LogP contribution in [0, 0.1) is 14.9 Å². The second-order valence-electron chi connectivity index (χ2n) is 10.2. The molecule has 7 rings (SSSR count). The zero-order chi connectivity index (χ0) is 29.5. The Morgan fingerprint density at radius 2 is 1.95 bits per heavy atom. The Morgan fingerprint density at radius 1 is 1.12 bits per heavy atom. The summed E-state index contributed by atoms with van der Waals surface area (Å²) in [5.74, 6) is 1.15. The van der Waals surface area contributed by atoms with Gasteiger partial charge in [-0.05, 0) is 87.9 Å². The molecule has 43 heavy (non-hydrogen) atoms. The van der Waals surface area contributed by atoms with Crippen LogP contribution in [0.15, 0.2) is 93.5 Å². The van der Waals surface area contributed by atoms with Crippen molar-refractivity contribution >= 4 is 57.0 Å². The van der Waals surface area contributed by atoms with Crippen molar-refractivity contribution in [1.29, 1.82) is 5.26 Å². The van der Waals surface area contributed by atoms with Crippen molar-refractivity contribution in [1.82, 2.24) is 4.57 Å². The molecule has 0 amide bonds. The van der Waals surface area contributed by atoms with E-state index in [9.17, 15) is 10.1 Å². The number of ether oxygens (including phenoxy) is 2. The second kappa shape index (κ2) is 11.6. The third kappa shape index (κ3) is 5.03. The van der Waals surface area contributed by atoms with Crippen LogP contribution in [0.25, 0.3) is 11.8 Å². The number of nitrogens with zero attached hydrogens (tertiary/aromatic N) is 3. The fourth-order valence-corrected chi connectivity index (χ4v) is 8.37. The number of hydrogen-bond acceptors (Lipinski definition) is 7. The van der Waals surface area contributed by atoms with Crippen molar-refractivity contribution in [2.45, 2.75) is 25.5 Å². The van der Waals surface area contributed by atoms with Gasteiger partial charge in [0.25, 0.3) is 5.56 Å². The van der Waals surface area contributed by atoms with Crippen LogP contribution in [-0.2, 0) is 13.0 Å². The van der Waals surface area contributed by atoms with Crippen LogP contribution >= 0.6 is 45.3 Å². The van der Waals surface area contributed by atoms with Crippen LogP contribution in [0.2, 0.25) is 0 Å². The highest BCUT2D eigenvalue weighted by Crippen LogP contribution is 2.42. The van der Waals surface area contributed by atoms with E-state index in [0.29, 0.717) is 26.4 Å². The quantitative estimate of drug-likeness (QED) is 0.190. The minimum absolute atomic E-state index is 0.0463. The normalized spacial score (nSPS) is 15.7. The lowest BCUT2D eigenvalue weighted by Crippen LogP contribution is -2.38. The Morgan fingerprint density at radius 3 is 2.77 bits per heavy atom. The molecule has 2 aromatic heterocycles. The number of thiazole rings is 1. The number of allylic oxidation sites excluding steroid dienone is 1. The summed E-state index contributed by atoms with van der Waals surface area (Å²) in [5, 5.41) is 11.5. The van der Waals surface area contributed by atoms with Crippen molar-refractivity contribution < 1.29 is 9.47 Å². The SMILES string of the molecule is COc1cc(/C=c2/sc3n(c2=O)[C@@H](c2cccs2)C2=C(N=3)c3ccccc3CC2)cc(I)c1OCc1ccccc1C#N. The van der Waals surface area contributed by atoms with Gasteiger partial charge in [-0.1, -0.05) is 59.9 Å². The number of methoxy groups -OCH3 is 1. The number of benzene rings is 3. The molecular weight excluding hydrogens is 689 g/mol. The third-order valence-electron chi connectivity index (χ3n) is 7.74. The molecule has 0 fully saturated rings. The van der Waals surface area contributed by atoms with Gasteiger partial charge in [0.15, 0.2) is 16.3 Å². The molecule has 9 heteroatoms. The Bertz CT molecular complexity index is 2140. The van der Waals surface area contributed by atoms with Gasteiger partial charge < -0.3 is 9.47 Å². The summed E-state index contributed by atoms with van der Waals surface area (Å²) < 4.78 is 15.2. The number of thiophene rings is 1. The molecule has 0 spiro atoms. The van der Waals surface area contributed by atoms with Crippen LogP contribution in [0.4, 0.5) is 0 Å². The molecule has 0 bridgehead atoms. The maximum Gasteiger partial charge on any atom is 0.271 e. The lowest BCUT2D eigenvalue weighted by Gasteiger charge is -2.30. The smallest absolute Gasteiger partial charge is 0.271 e. The first-order chi connectivity index (χ1) is 21.1. The van der Waals surface area contributed by atoms with E-state index < -0.39 is 0 Å². The maximum atomic E-state index is 14.0. The fourth-order valence-electron chi connectivity index (χ4n) is 5.74. The summed E-state index contributed by atoms with van der Waals surface area (Å²) in [6.45, 7) is 0.241. The van der Waals surface area contributed by atoms with Crippen molar-refractivity contribution in [2.24, 2.45) is 4.99 Å². The molecule has 0 N–H and O–H groups in total. The van der Waals surface area contributed by atoms with Crippen LogP contribution in [-0.4, -0.2) is 11.7 Å². The first-order valence-electron chi connectivity index (χ1n) is 13.7. The Hall–Kier alpha value is -3.98. The van der Waals surface area contributed by atoms with E-state index in [1.165, 1.54) is 22.5 Å². The molecule has 1 aliphatic carbocycles. The summed E-state index contributed by atoms with van der Waals surface area (Å²) in [5.41, 5.74) is 6.84. The van der Waals surface area contributed by atoms with Gasteiger partial charge in [0.2, 0.25) is 0 Å². The standard InChI is InChI=1S/C34H24IN3O3S2/c1-40-27-16-20(15-26(35)32(27)41-19-23-9-3-2-8-22(23)18-36)17-29-33(39)38-31(28-11-6-14-42-28)25-13-12-21-7-4-5-10-24(21)30(25)37-34(38)43-29/h2-11,14-17,31H,12-13,19H2,1H3/b29-17+/t31-/m1/s1. The highest BCUT2D eigenvalue weighted by molar-refractivity contribution is 14.1. The van der Waals surface area contributed by atoms with Crippen LogP contribution in [0.1, 0.15) is 45.2 Å². The zero-order valence-electron chi connectivity index (χ0n) is 23.0. The number of hydrogen-bond donors (Lipinski definition) is 0. The zero-order valence-corrected chi connectivity index (χ0v) is 26.8. The molecule has 0 saturated heterocycles. The van der Waals surface area contributed by atoms with E-state index in [4.69, 9.17) is 14.5 Å². The molecule has 0 radical (unpaired) electrons. The van der Waals surface area contributed by atoms with E-state index in [-0.39, 0.29) is 18.2 Å². The molecule has 1 aliphatic heterocycles. The number of aromatic nitrogens is 1. The Kier molecular flexibility index (Phi) is 7.51. The van der Waals surface area contributed by atoms with Gasteiger partial charge in [0.05, 0.1) is 38.6 Å². The molecule has 1 atom stereocenters. The number of aryl methyl sites for hydroxylation is 1. The van der Waals surface area contributed by atoms with Gasteiger partial charge in [-0.3, -0.25) is 9.36 Å². The van der Waals surface area contributed by atoms with Crippen molar-refractivity contribution in [3.63, 3.8) is 0 Å². The summed E-state index contributed by atoms with van der Waals surface area (Å²) >= 11 is 5.32. The fraction of sp³-hybridized carbons (Fsp3) is 0.147. The van der Waals surface area contributed by atoms with Crippen LogP contribution in [0.5, 0.6) is 11.5 Å². The summed E-state index contributed by atoms with van der Waals surface area (Å²) in [6.07, 6.45) is 3.72. The molecule has 212 valence electrons. The van der Waals surface area contributed by atoms with Gasteiger partial charge in [0, 0.05) is 16.0 Å². The average molecular weight is 714 g/mol. The van der Waals surface area contributed by atoms with E-state index in [0.717, 1.165) is 43.7 Å². The second-order valence-corrected chi connectivity index (χ2v) is 13.4. The molecule has 3 heterocycles. The number of rotatable bonds is 6. The van der Waals surface area contributed by atoms with Gasteiger partial charge in [-0.2, -0.15) is 5.26 Å². The van der Waals surface area contributed by atoms with Crippen LogP contribution < -0.4 is 24.4 Å². The Labute approximate surface area is 269 Å². The first-order valence-corrected chi connectivity index (χ1v) is 16.5. The Balaban J connectivity index is 1.31. The molecular formula is C34H24IN3O3S2. The largest absolute Gasteiger partial charge is 0.493 e. The van der Waals surface area contributed by atoms with E-state index >= 15 is 0 Å². The monoisotopic (exact) mass is 713 g/mol. The van der Waals surface area contributed by atoms with Crippen molar-refractivity contribution in [2.75, 3.05) is 7.11 Å². The van der Waals surface area contributed by atoms with Crippen molar-refractivity contribution in [3.8, 4) is 17.6 Å². The number of fused-ring (bicyclic) bond motifs is 3. The predicted molar refractivity (Wildman–Crippen MR) is 178 cm³/mol. The third-order valence-corrected chi connectivity index (χ3v) is 10.5. The lowest BCUT2D eigenvalue weighted by molar-refractivity contribution is 0.282. The van der Waals surface area contributed by atoms with Crippen molar-refractivity contribution in [3.05, 3.63) is 140 Å². The maximum absolute atomic E-state index is 14.0. The molecule has 2 aliphatic rings. The van der Waals surface area contributed by atoms with Crippen LogP contribution in [0.3, 0.4) is 0 Å². The van der Waals surface area contributed by atoms with Gasteiger partial charge in [-0.15, -0.1) is 11.3 Å². The number of halogens is 1. The predicted octanol–water partition coefficient (Wildman–Crippen LogP) is 6.44. The highest BCUT2D eigenvalue weighted by Gasteiger charge is 2.33. The van der Waals surface area contributed by atoms with E-state index in [2.05, 4.69) is 64.4 Å². The molecule has 0 saturated carbocycles. The molecule has 0 unspecified atom stereocenters. The molecule has 5 aromatic rings. The topological polar surface area (TPSA) is 76.6 Å². The summed E-state index contributed by atoms with van der Waals surface area (Å²) in [7, 11) is 1.60. The lowest BCUT2D eigenvalue weighted by atomic mass is 9.85. The minimum Gasteiger partial charge on any atom is -0.493 e. The van der Waals surface area contributed by atoms with Gasteiger partial charge in [0.1, 0.15) is 6.61 Å². The minimum atomic E-state index is -0.163. The first kappa shape index (κ1) is 27.8. The highest BCUT2D eigenvalue weighted by atomic mass is 127. The van der Waals surface area contributed by atoms with Gasteiger partial charge in [-0.25, -0.2) is 4.99 Å². The summed E-state index contributed by atoms with van der Waals surface area (Å²) in [4.78, 5) is 21.0. The average Bonchev–Trinajstić information content (AvgIpc) is 3.67. The molecule has 6 nitrogen and oxygen atoms in total. The van der Waals surface area contributed by atoms with E-state index in [1.54, 1.807) is 24.5 Å². The summed E-state index contributed by atoms with van der Waals surface area (Å²) in [6, 6.07) is 25.9. The van der Waals surface area contributed by atoms with E-state index in [1.807, 2.05) is 47.0 Å². The molecule has 3 aromatic carbocycles. The van der Waals surface area contributed by atoms with Gasteiger partial charge >= 0.3 is 0 Å².